The molecule has 0 aliphatic carbocycles. The van der Waals surface area contributed by atoms with Crippen molar-refractivity contribution in [1.82, 2.24) is 20.3 Å². The van der Waals surface area contributed by atoms with Crippen molar-refractivity contribution in [3.05, 3.63) is 89.5 Å². The van der Waals surface area contributed by atoms with Gasteiger partial charge in [-0.05, 0) is 67.1 Å². The SMILES string of the molecule is CCc1nccc(-c2cccnc2Oc2ccc(NC(=O)c3ccc(N4CCNCC4)c(C(F)(F)F)c3)cc2C)n1. The number of hydrogen-bond acceptors (Lipinski definition) is 7. The zero-order valence-electron chi connectivity index (χ0n) is 22.6. The van der Waals surface area contributed by atoms with Gasteiger partial charge in [0, 0.05) is 61.9 Å². The van der Waals surface area contributed by atoms with Gasteiger partial charge in [-0.2, -0.15) is 13.2 Å². The van der Waals surface area contributed by atoms with Crippen LogP contribution in [0, 0.1) is 6.92 Å². The lowest BCUT2D eigenvalue weighted by molar-refractivity contribution is -0.137. The lowest BCUT2D eigenvalue weighted by Crippen LogP contribution is -2.44. The van der Waals surface area contributed by atoms with E-state index in [4.69, 9.17) is 4.74 Å². The van der Waals surface area contributed by atoms with E-state index in [0.717, 1.165) is 6.07 Å². The van der Waals surface area contributed by atoms with E-state index in [-0.39, 0.29) is 11.3 Å². The van der Waals surface area contributed by atoms with Gasteiger partial charge in [0.1, 0.15) is 11.6 Å². The first-order valence-electron chi connectivity index (χ1n) is 13.3. The van der Waals surface area contributed by atoms with Crippen LogP contribution >= 0.6 is 0 Å². The Hall–Kier alpha value is -4.51. The number of aryl methyl sites for hydroxylation is 2. The Morgan fingerprint density at radius 1 is 1.05 bits per heavy atom. The van der Waals surface area contributed by atoms with E-state index in [2.05, 4.69) is 25.6 Å². The highest BCUT2D eigenvalue weighted by Gasteiger charge is 2.36. The third-order valence-corrected chi connectivity index (χ3v) is 6.73. The molecular weight excluding hydrogens is 533 g/mol. The van der Waals surface area contributed by atoms with E-state index in [0.29, 0.717) is 72.6 Å². The molecule has 11 heteroatoms. The summed E-state index contributed by atoms with van der Waals surface area (Å²) in [5.74, 6) is 0.928. The average molecular weight is 563 g/mol. The smallest absolute Gasteiger partial charge is 0.418 e. The number of nitrogens with zero attached hydrogens (tertiary/aromatic N) is 4. The number of ether oxygens (including phenoxy) is 1. The second kappa shape index (κ2) is 11.9. The minimum atomic E-state index is -4.60. The number of piperazine rings is 1. The molecule has 1 amide bonds. The molecular formula is C30H29F3N6O2. The summed E-state index contributed by atoms with van der Waals surface area (Å²) in [6.07, 6.45) is -0.598. The maximum atomic E-state index is 13.9. The molecule has 1 aliphatic rings. The summed E-state index contributed by atoms with van der Waals surface area (Å²) in [5.41, 5.74) is 1.67. The Balaban J connectivity index is 1.34. The fourth-order valence-electron chi connectivity index (χ4n) is 4.62. The molecule has 41 heavy (non-hydrogen) atoms. The van der Waals surface area contributed by atoms with Gasteiger partial charge in [-0.3, -0.25) is 4.79 Å². The van der Waals surface area contributed by atoms with Gasteiger partial charge in [0.15, 0.2) is 0 Å². The van der Waals surface area contributed by atoms with Crippen molar-refractivity contribution in [3.8, 4) is 22.9 Å². The summed E-state index contributed by atoms with van der Waals surface area (Å²) in [7, 11) is 0. The number of aromatic nitrogens is 3. The normalized spacial score (nSPS) is 13.6. The van der Waals surface area contributed by atoms with Gasteiger partial charge < -0.3 is 20.3 Å². The predicted octanol–water partition coefficient (Wildman–Crippen LogP) is 5.88. The molecule has 3 heterocycles. The maximum Gasteiger partial charge on any atom is 0.418 e. The highest BCUT2D eigenvalue weighted by Crippen LogP contribution is 2.38. The van der Waals surface area contributed by atoms with Gasteiger partial charge in [0.2, 0.25) is 5.88 Å². The van der Waals surface area contributed by atoms with Crippen molar-refractivity contribution >= 4 is 17.3 Å². The maximum absolute atomic E-state index is 13.9. The molecule has 2 aromatic carbocycles. The monoisotopic (exact) mass is 562 g/mol. The van der Waals surface area contributed by atoms with Crippen LogP contribution in [0.25, 0.3) is 11.3 Å². The molecule has 1 saturated heterocycles. The minimum Gasteiger partial charge on any atom is -0.438 e. The number of amides is 1. The van der Waals surface area contributed by atoms with E-state index in [1.54, 1.807) is 54.5 Å². The second-order valence-corrected chi connectivity index (χ2v) is 9.57. The van der Waals surface area contributed by atoms with Crippen molar-refractivity contribution in [2.45, 2.75) is 26.4 Å². The highest BCUT2D eigenvalue weighted by molar-refractivity contribution is 6.04. The number of nitrogens with one attached hydrogen (secondary N) is 2. The van der Waals surface area contributed by atoms with Crippen molar-refractivity contribution in [1.29, 1.82) is 0 Å². The highest BCUT2D eigenvalue weighted by atomic mass is 19.4. The summed E-state index contributed by atoms with van der Waals surface area (Å²) < 4.78 is 47.9. The topological polar surface area (TPSA) is 92.3 Å². The largest absolute Gasteiger partial charge is 0.438 e. The average Bonchev–Trinajstić information content (AvgIpc) is 2.98. The molecule has 0 bridgehead atoms. The first-order valence-corrected chi connectivity index (χ1v) is 13.3. The van der Waals surface area contributed by atoms with E-state index < -0.39 is 17.6 Å². The van der Waals surface area contributed by atoms with E-state index in [1.807, 2.05) is 13.0 Å². The van der Waals surface area contributed by atoms with Crippen LogP contribution < -0.4 is 20.3 Å². The van der Waals surface area contributed by atoms with Gasteiger partial charge in [0.05, 0.1) is 16.8 Å². The second-order valence-electron chi connectivity index (χ2n) is 9.57. The molecule has 4 aromatic rings. The van der Waals surface area contributed by atoms with Crippen LogP contribution in [0.2, 0.25) is 0 Å². The van der Waals surface area contributed by atoms with Crippen LogP contribution in [-0.4, -0.2) is 47.0 Å². The Kier molecular flexibility index (Phi) is 8.16. The van der Waals surface area contributed by atoms with Gasteiger partial charge in [-0.1, -0.05) is 6.92 Å². The summed E-state index contributed by atoms with van der Waals surface area (Å²) in [6, 6.07) is 14.1. The number of hydrogen-bond donors (Lipinski definition) is 2. The number of halogens is 3. The Bertz CT molecular complexity index is 1550. The molecule has 2 aromatic heterocycles. The number of anilines is 2. The van der Waals surface area contributed by atoms with Crippen molar-refractivity contribution in [2.75, 3.05) is 36.4 Å². The van der Waals surface area contributed by atoms with Crippen molar-refractivity contribution < 1.29 is 22.7 Å². The molecule has 1 aliphatic heterocycles. The fourth-order valence-corrected chi connectivity index (χ4v) is 4.62. The van der Waals surface area contributed by atoms with E-state index in [9.17, 15) is 18.0 Å². The molecule has 5 rings (SSSR count). The standard InChI is InChI=1S/C30H29F3N6O2/c1-3-27-35-12-10-24(38-27)22-5-4-11-36-29(22)41-26-9-7-21(17-19(26)2)37-28(40)20-6-8-25(23(18-20)30(31,32)33)39-15-13-34-14-16-39/h4-12,17-18,34H,3,13-16H2,1-2H3,(H,37,40). The molecule has 1 fully saturated rings. The molecule has 0 spiro atoms. The summed E-state index contributed by atoms with van der Waals surface area (Å²) in [6.45, 7) is 5.89. The molecule has 2 N–H and O–H groups in total. The van der Waals surface area contributed by atoms with Crippen LogP contribution in [-0.2, 0) is 12.6 Å². The Labute approximate surface area is 235 Å². The van der Waals surface area contributed by atoms with Gasteiger partial charge in [0.25, 0.3) is 5.91 Å². The molecule has 0 unspecified atom stereocenters. The van der Waals surface area contributed by atoms with E-state index in [1.165, 1.54) is 12.1 Å². The van der Waals surface area contributed by atoms with Crippen molar-refractivity contribution in [2.24, 2.45) is 0 Å². The van der Waals surface area contributed by atoms with Crippen LogP contribution in [0.5, 0.6) is 11.6 Å². The fraction of sp³-hybridized carbons (Fsp3) is 0.267. The van der Waals surface area contributed by atoms with Gasteiger partial charge in [-0.25, -0.2) is 15.0 Å². The summed E-state index contributed by atoms with van der Waals surface area (Å²) in [4.78, 5) is 27.8. The molecule has 0 radical (unpaired) electrons. The zero-order valence-corrected chi connectivity index (χ0v) is 22.6. The van der Waals surface area contributed by atoms with Crippen LogP contribution in [0.3, 0.4) is 0 Å². The number of carbonyl (C=O) groups excluding carboxylic acids is 1. The van der Waals surface area contributed by atoms with Gasteiger partial charge in [-0.15, -0.1) is 0 Å². The van der Waals surface area contributed by atoms with E-state index >= 15 is 0 Å². The Morgan fingerprint density at radius 2 is 1.85 bits per heavy atom. The summed E-state index contributed by atoms with van der Waals surface area (Å²) >= 11 is 0. The van der Waals surface area contributed by atoms with Gasteiger partial charge >= 0.3 is 6.18 Å². The lowest BCUT2D eigenvalue weighted by atomic mass is 10.1. The number of benzene rings is 2. The lowest BCUT2D eigenvalue weighted by Gasteiger charge is -2.31. The zero-order chi connectivity index (χ0) is 29.0. The molecule has 0 saturated carbocycles. The third kappa shape index (κ3) is 6.46. The predicted molar refractivity (Wildman–Crippen MR) is 150 cm³/mol. The first kappa shape index (κ1) is 28.0. The quantitative estimate of drug-likeness (QED) is 0.291. The van der Waals surface area contributed by atoms with Crippen LogP contribution in [0.4, 0.5) is 24.5 Å². The van der Waals surface area contributed by atoms with Crippen LogP contribution in [0.1, 0.15) is 34.2 Å². The summed E-state index contributed by atoms with van der Waals surface area (Å²) in [5, 5.41) is 5.83. The van der Waals surface area contributed by atoms with Crippen molar-refractivity contribution in [3.63, 3.8) is 0 Å². The van der Waals surface area contributed by atoms with Crippen LogP contribution in [0.15, 0.2) is 67.0 Å². The molecule has 8 nitrogen and oxygen atoms in total. The molecule has 0 atom stereocenters. The first-order chi connectivity index (χ1) is 19.7. The molecule has 212 valence electrons. The number of alkyl halides is 3. The minimum absolute atomic E-state index is 0.0784. The Morgan fingerprint density at radius 3 is 2.59 bits per heavy atom. The number of rotatable bonds is 7. The number of pyridine rings is 1. The number of carbonyl (C=O) groups is 1. The third-order valence-electron chi connectivity index (χ3n) is 6.73.